The zero-order valence-electron chi connectivity index (χ0n) is 13.3. The van der Waals surface area contributed by atoms with Crippen LogP contribution in [0.2, 0.25) is 0 Å². The van der Waals surface area contributed by atoms with Crippen molar-refractivity contribution in [2.24, 2.45) is 10.8 Å². The van der Waals surface area contributed by atoms with E-state index in [4.69, 9.17) is 10.3 Å². The van der Waals surface area contributed by atoms with E-state index in [1.165, 1.54) is 12.1 Å². The molecule has 2 heterocycles. The highest BCUT2D eigenvalue weighted by molar-refractivity contribution is 5.92. The van der Waals surface area contributed by atoms with E-state index in [1.807, 2.05) is 20.0 Å². The van der Waals surface area contributed by atoms with Crippen molar-refractivity contribution in [2.75, 3.05) is 13.1 Å². The molecule has 1 aliphatic heterocycles. The molecule has 124 valence electrons. The minimum atomic E-state index is -0.593. The largest absolute Gasteiger partial charge is 0.433 e. The SMILES string of the molecule is CCN(C=C1NC(C)=NC(c2ccc([N+](=O)[O-])o2)=C1NN)CC. The molecule has 2 rings (SSSR count). The summed E-state index contributed by atoms with van der Waals surface area (Å²) >= 11 is 0. The van der Waals surface area contributed by atoms with E-state index in [0.717, 1.165) is 18.8 Å². The first-order chi connectivity index (χ1) is 11.0. The van der Waals surface area contributed by atoms with E-state index >= 15 is 0 Å². The predicted octanol–water partition coefficient (Wildman–Crippen LogP) is 1.52. The Morgan fingerprint density at radius 2 is 2.17 bits per heavy atom. The molecule has 0 radical (unpaired) electrons. The minimum absolute atomic E-state index is 0.274. The van der Waals surface area contributed by atoms with Gasteiger partial charge in [0.1, 0.15) is 22.2 Å². The summed E-state index contributed by atoms with van der Waals surface area (Å²) in [5.41, 5.74) is 4.24. The van der Waals surface area contributed by atoms with Gasteiger partial charge >= 0.3 is 5.88 Å². The van der Waals surface area contributed by atoms with Gasteiger partial charge in [0.2, 0.25) is 0 Å². The smallest absolute Gasteiger partial charge is 0.399 e. The summed E-state index contributed by atoms with van der Waals surface area (Å²) in [6.45, 7) is 7.54. The van der Waals surface area contributed by atoms with Crippen LogP contribution in [0.3, 0.4) is 0 Å². The fraction of sp³-hybridized carbons (Fsp3) is 0.357. The van der Waals surface area contributed by atoms with E-state index in [9.17, 15) is 10.1 Å². The van der Waals surface area contributed by atoms with Gasteiger partial charge in [-0.15, -0.1) is 0 Å². The van der Waals surface area contributed by atoms with Crippen molar-refractivity contribution in [3.05, 3.63) is 45.6 Å². The Morgan fingerprint density at radius 3 is 2.70 bits per heavy atom. The molecular weight excluding hydrogens is 300 g/mol. The third kappa shape index (κ3) is 3.51. The van der Waals surface area contributed by atoms with Crippen LogP contribution in [0.5, 0.6) is 0 Å². The zero-order valence-corrected chi connectivity index (χ0v) is 13.3. The second-order valence-electron chi connectivity index (χ2n) is 4.85. The maximum atomic E-state index is 10.8. The lowest BCUT2D eigenvalue weighted by Crippen LogP contribution is -2.35. The van der Waals surface area contributed by atoms with Crippen LogP contribution in [-0.4, -0.2) is 28.7 Å². The highest BCUT2D eigenvalue weighted by Crippen LogP contribution is 2.29. The molecule has 1 aromatic rings. The Kier molecular flexibility index (Phi) is 5.02. The average molecular weight is 320 g/mol. The zero-order chi connectivity index (χ0) is 17.0. The molecular formula is C14H20N6O3. The number of hydrazine groups is 1. The Balaban J connectivity index is 2.51. The predicted molar refractivity (Wildman–Crippen MR) is 86.9 cm³/mol. The summed E-state index contributed by atoms with van der Waals surface area (Å²) in [6, 6.07) is 2.79. The number of hydrogen-bond donors (Lipinski definition) is 3. The fourth-order valence-corrected chi connectivity index (χ4v) is 2.20. The molecule has 0 amide bonds. The second kappa shape index (κ2) is 6.97. The summed E-state index contributed by atoms with van der Waals surface area (Å²) in [6.07, 6.45) is 1.92. The number of aliphatic imine (C=N–C) groups is 1. The van der Waals surface area contributed by atoms with E-state index in [1.54, 1.807) is 6.92 Å². The third-order valence-electron chi connectivity index (χ3n) is 3.37. The lowest BCUT2D eigenvalue weighted by Gasteiger charge is -2.24. The van der Waals surface area contributed by atoms with E-state index in [0.29, 0.717) is 17.2 Å². The molecule has 0 bridgehead atoms. The summed E-state index contributed by atoms with van der Waals surface area (Å²) in [7, 11) is 0. The normalized spacial score (nSPS) is 16.2. The van der Waals surface area contributed by atoms with E-state index in [2.05, 4.69) is 20.6 Å². The van der Waals surface area contributed by atoms with Crippen molar-refractivity contribution in [1.29, 1.82) is 0 Å². The Bertz CT molecular complexity index is 684. The van der Waals surface area contributed by atoms with Gasteiger partial charge in [0.15, 0.2) is 5.76 Å². The summed E-state index contributed by atoms with van der Waals surface area (Å²) < 4.78 is 5.24. The Hall–Kier alpha value is -2.81. The number of nitrogens with two attached hydrogens (primary N) is 1. The molecule has 0 unspecified atom stereocenters. The number of nitro groups is 1. The van der Waals surface area contributed by atoms with Crippen LogP contribution in [0, 0.1) is 10.1 Å². The number of rotatable bonds is 6. The highest BCUT2D eigenvalue weighted by atomic mass is 16.6. The molecule has 9 nitrogen and oxygen atoms in total. The van der Waals surface area contributed by atoms with Crippen molar-refractivity contribution in [3.63, 3.8) is 0 Å². The van der Waals surface area contributed by atoms with Crippen LogP contribution in [0.15, 0.2) is 39.1 Å². The third-order valence-corrected chi connectivity index (χ3v) is 3.37. The molecule has 1 aliphatic rings. The second-order valence-corrected chi connectivity index (χ2v) is 4.85. The topological polar surface area (TPSA) is 122 Å². The summed E-state index contributed by atoms with van der Waals surface area (Å²) in [4.78, 5) is 16.6. The monoisotopic (exact) mass is 320 g/mol. The first-order valence-corrected chi connectivity index (χ1v) is 7.24. The lowest BCUT2D eigenvalue weighted by molar-refractivity contribution is -0.402. The molecule has 0 fully saturated rings. The maximum Gasteiger partial charge on any atom is 0.433 e. The first-order valence-electron chi connectivity index (χ1n) is 7.24. The summed E-state index contributed by atoms with van der Waals surface area (Å²) in [5.74, 6) is 6.21. The van der Waals surface area contributed by atoms with Gasteiger partial charge in [-0.05, 0) is 26.8 Å². The molecule has 1 aromatic heterocycles. The van der Waals surface area contributed by atoms with Crippen molar-refractivity contribution in [1.82, 2.24) is 15.6 Å². The molecule has 0 saturated heterocycles. The van der Waals surface area contributed by atoms with Crippen LogP contribution in [0.1, 0.15) is 26.5 Å². The average Bonchev–Trinajstić information content (AvgIpc) is 3.02. The first kappa shape index (κ1) is 16.6. The van der Waals surface area contributed by atoms with Crippen LogP contribution in [0.4, 0.5) is 5.88 Å². The van der Waals surface area contributed by atoms with Crippen molar-refractivity contribution >= 4 is 17.4 Å². The summed E-state index contributed by atoms with van der Waals surface area (Å²) in [5, 5.41) is 13.9. The molecule has 9 heteroatoms. The maximum absolute atomic E-state index is 10.8. The van der Waals surface area contributed by atoms with Crippen LogP contribution < -0.4 is 16.6 Å². The number of furan rings is 1. The van der Waals surface area contributed by atoms with Gasteiger partial charge in [-0.1, -0.05) is 0 Å². The van der Waals surface area contributed by atoms with Crippen molar-refractivity contribution in [3.8, 4) is 0 Å². The van der Waals surface area contributed by atoms with E-state index in [-0.39, 0.29) is 11.6 Å². The number of hydrogen-bond acceptors (Lipinski definition) is 8. The minimum Gasteiger partial charge on any atom is -0.399 e. The number of nitrogens with zero attached hydrogens (tertiary/aromatic N) is 3. The van der Waals surface area contributed by atoms with Gasteiger partial charge in [-0.25, -0.2) is 4.99 Å². The molecule has 0 aromatic carbocycles. The van der Waals surface area contributed by atoms with Crippen LogP contribution in [0.25, 0.3) is 5.70 Å². The standard InChI is InChI=1S/C14H20N6O3/c1-4-19(5-2)8-10-13(18-15)14(17-9(3)16-10)11-6-7-12(23-11)20(21)22/h6-8,18H,4-5,15H2,1-3H3,(H,16,17). The molecule has 0 saturated carbocycles. The lowest BCUT2D eigenvalue weighted by atomic mass is 10.2. The van der Waals surface area contributed by atoms with Gasteiger partial charge in [0.25, 0.3) is 0 Å². The van der Waals surface area contributed by atoms with Crippen molar-refractivity contribution < 1.29 is 9.34 Å². The fourth-order valence-electron chi connectivity index (χ4n) is 2.20. The highest BCUT2D eigenvalue weighted by Gasteiger charge is 2.23. The van der Waals surface area contributed by atoms with Crippen LogP contribution >= 0.6 is 0 Å². The Morgan fingerprint density at radius 1 is 1.48 bits per heavy atom. The number of nitrogens with one attached hydrogen (secondary N) is 2. The van der Waals surface area contributed by atoms with Crippen molar-refractivity contribution in [2.45, 2.75) is 20.8 Å². The number of amidine groups is 1. The van der Waals surface area contributed by atoms with Gasteiger partial charge in [-0.2, -0.15) is 0 Å². The Labute approximate surface area is 133 Å². The molecule has 0 atom stereocenters. The van der Waals surface area contributed by atoms with Gasteiger partial charge < -0.3 is 20.1 Å². The quantitative estimate of drug-likeness (QED) is 0.412. The molecule has 0 spiro atoms. The molecule has 0 aliphatic carbocycles. The van der Waals surface area contributed by atoms with E-state index < -0.39 is 4.92 Å². The van der Waals surface area contributed by atoms with Gasteiger partial charge in [0, 0.05) is 19.3 Å². The molecule has 23 heavy (non-hydrogen) atoms. The van der Waals surface area contributed by atoms with Gasteiger partial charge in [-0.3, -0.25) is 16.0 Å². The molecule has 4 N–H and O–H groups in total. The van der Waals surface area contributed by atoms with Crippen LogP contribution in [-0.2, 0) is 0 Å². The van der Waals surface area contributed by atoms with Gasteiger partial charge in [0.05, 0.1) is 11.8 Å².